The van der Waals surface area contributed by atoms with Crippen molar-refractivity contribution >= 4 is 28.8 Å². The molecule has 0 radical (unpaired) electrons. The molecule has 154 valence electrons. The number of nitrogens with zero attached hydrogens (tertiary/aromatic N) is 2. The number of urea groups is 1. The predicted molar refractivity (Wildman–Crippen MR) is 107 cm³/mol. The Kier molecular flexibility index (Phi) is 7.51. The van der Waals surface area contributed by atoms with E-state index in [1.54, 1.807) is 18.5 Å². The molecule has 0 aliphatic heterocycles. The minimum Gasteiger partial charge on any atom is -0.761 e. The first kappa shape index (κ1) is 22.1. The van der Waals surface area contributed by atoms with Gasteiger partial charge in [-0.1, -0.05) is 24.8 Å². The number of carbonyl (C=O) groups is 1. The quantitative estimate of drug-likeness (QED) is 0.448. The van der Waals surface area contributed by atoms with Crippen LogP contribution in [0.1, 0.15) is 18.2 Å². The first-order valence-electron chi connectivity index (χ1n) is 8.25. The van der Waals surface area contributed by atoms with Gasteiger partial charge in [0.1, 0.15) is 10.8 Å². The molecular weight excluding hydrogens is 407 g/mol. The van der Waals surface area contributed by atoms with Gasteiger partial charge in [0.05, 0.1) is 0 Å². The van der Waals surface area contributed by atoms with Crippen molar-refractivity contribution < 1.29 is 18.0 Å². The Balaban J connectivity index is 2.59. The van der Waals surface area contributed by atoms with Gasteiger partial charge >= 0.3 is 12.2 Å². The van der Waals surface area contributed by atoms with Crippen LogP contribution in [-0.2, 0) is 6.18 Å². The van der Waals surface area contributed by atoms with Gasteiger partial charge < -0.3 is 16.0 Å². The molecule has 0 saturated heterocycles. The largest absolute Gasteiger partial charge is 0.761 e. The van der Waals surface area contributed by atoms with Crippen molar-refractivity contribution in [2.45, 2.75) is 13.1 Å². The Morgan fingerprint density at radius 3 is 2.76 bits per heavy atom. The number of pyridine rings is 1. The minimum atomic E-state index is -4.60. The number of nitrogens with one attached hydrogen (secondary N) is 3. The topological polar surface area (TPSA) is 102 Å². The van der Waals surface area contributed by atoms with Crippen molar-refractivity contribution in [3.8, 4) is 10.6 Å². The third-order valence-electron chi connectivity index (χ3n) is 3.45. The molecule has 0 aliphatic carbocycles. The van der Waals surface area contributed by atoms with Gasteiger partial charge in [0.15, 0.2) is 5.69 Å². The Morgan fingerprint density at radius 1 is 1.41 bits per heavy atom. The van der Waals surface area contributed by atoms with Crippen LogP contribution in [0.25, 0.3) is 16.1 Å². The first-order valence-corrected chi connectivity index (χ1v) is 9.13. The van der Waals surface area contributed by atoms with E-state index >= 15 is 0 Å². The summed E-state index contributed by atoms with van der Waals surface area (Å²) in [6.45, 7) is 5.66. The highest BCUT2D eigenvalue weighted by molar-refractivity contribution is 7.13. The number of allylic oxidation sites excluding steroid dienone is 4. The normalized spacial score (nSPS) is 12.1. The fourth-order valence-electron chi connectivity index (χ4n) is 2.23. The fraction of sp³-hybridized carbons (Fsp3) is 0.167. The van der Waals surface area contributed by atoms with Crippen molar-refractivity contribution in [2.75, 3.05) is 11.9 Å². The van der Waals surface area contributed by atoms with Crippen molar-refractivity contribution in [3.05, 3.63) is 65.1 Å². The molecule has 2 amide bonds. The van der Waals surface area contributed by atoms with Gasteiger partial charge in [-0.05, 0) is 24.8 Å². The summed E-state index contributed by atoms with van der Waals surface area (Å²) in [5.74, 6) is 0.112. The molecule has 0 saturated carbocycles. The maximum atomic E-state index is 13.0. The Hall–Kier alpha value is -3.18. The van der Waals surface area contributed by atoms with Crippen LogP contribution in [-0.4, -0.2) is 22.5 Å². The number of hydroxylamine groups is 1. The Morgan fingerprint density at radius 2 is 2.17 bits per heavy atom. The number of hydrogen-bond acceptors (Lipinski definition) is 6. The van der Waals surface area contributed by atoms with E-state index in [4.69, 9.17) is 0 Å². The van der Waals surface area contributed by atoms with Crippen molar-refractivity contribution in [1.82, 2.24) is 20.8 Å². The van der Waals surface area contributed by atoms with Gasteiger partial charge in [0, 0.05) is 29.2 Å². The van der Waals surface area contributed by atoms with Gasteiger partial charge in [-0.25, -0.2) is 14.8 Å². The molecule has 2 aromatic heterocycles. The van der Waals surface area contributed by atoms with E-state index in [2.05, 4.69) is 27.2 Å². The van der Waals surface area contributed by atoms with E-state index in [-0.39, 0.29) is 16.4 Å². The van der Waals surface area contributed by atoms with E-state index in [1.807, 2.05) is 0 Å². The summed E-state index contributed by atoms with van der Waals surface area (Å²) in [5.41, 5.74) is 1.56. The maximum Gasteiger partial charge on any atom is 0.434 e. The molecule has 2 aromatic rings. The number of amides is 2. The van der Waals surface area contributed by atoms with Gasteiger partial charge in [-0.3, -0.25) is 5.32 Å². The second-order valence-corrected chi connectivity index (χ2v) is 6.31. The van der Waals surface area contributed by atoms with Crippen LogP contribution in [0.5, 0.6) is 0 Å². The third-order valence-corrected chi connectivity index (χ3v) is 4.32. The van der Waals surface area contributed by atoms with E-state index < -0.39 is 17.9 Å². The van der Waals surface area contributed by atoms with Crippen molar-refractivity contribution in [2.24, 2.45) is 0 Å². The number of alkyl halides is 3. The van der Waals surface area contributed by atoms with Crippen LogP contribution < -0.4 is 16.1 Å². The SMILES string of the molecule is C=C/C=C\C(=C/N[O-])c1cnc(NC(=O)NCC)cc1-c1nc(C(F)(F)F)cs1. The summed E-state index contributed by atoms with van der Waals surface area (Å²) in [4.78, 5) is 19.5. The molecule has 2 heterocycles. The number of aromatic nitrogens is 2. The fourth-order valence-corrected chi connectivity index (χ4v) is 3.09. The van der Waals surface area contributed by atoms with Gasteiger partial charge in [0.25, 0.3) is 0 Å². The molecule has 3 N–H and O–H groups in total. The van der Waals surface area contributed by atoms with Crippen molar-refractivity contribution in [1.29, 1.82) is 0 Å². The Bertz CT molecular complexity index is 938. The number of halogens is 3. The lowest BCUT2D eigenvalue weighted by Gasteiger charge is -2.13. The monoisotopic (exact) mass is 424 g/mol. The van der Waals surface area contributed by atoms with Crippen LogP contribution in [0.3, 0.4) is 0 Å². The van der Waals surface area contributed by atoms with Gasteiger partial charge in [0.2, 0.25) is 0 Å². The molecule has 29 heavy (non-hydrogen) atoms. The molecule has 0 bridgehead atoms. The van der Waals surface area contributed by atoms with Gasteiger partial charge in [-0.2, -0.15) is 13.2 Å². The lowest BCUT2D eigenvalue weighted by atomic mass is 10.0. The summed E-state index contributed by atoms with van der Waals surface area (Å²) in [6.07, 6.45) is 2.42. The highest BCUT2D eigenvalue weighted by Crippen LogP contribution is 2.37. The first-order chi connectivity index (χ1) is 13.8. The zero-order valence-electron chi connectivity index (χ0n) is 15.2. The van der Waals surface area contributed by atoms with Crippen LogP contribution in [0.15, 0.2) is 48.7 Å². The maximum absolute atomic E-state index is 13.0. The average molecular weight is 424 g/mol. The summed E-state index contributed by atoms with van der Waals surface area (Å²) < 4.78 is 38.9. The summed E-state index contributed by atoms with van der Waals surface area (Å²) in [6, 6.07) is 0.876. The second-order valence-electron chi connectivity index (χ2n) is 5.45. The number of carbonyl (C=O) groups excluding carboxylic acids is 1. The zero-order valence-corrected chi connectivity index (χ0v) is 16.0. The van der Waals surface area contributed by atoms with Gasteiger partial charge in [-0.15, -0.1) is 11.3 Å². The van der Waals surface area contributed by atoms with Crippen LogP contribution >= 0.6 is 11.3 Å². The predicted octanol–water partition coefficient (Wildman–Crippen LogP) is 4.54. The lowest BCUT2D eigenvalue weighted by molar-refractivity contribution is -0.140. The van der Waals surface area contributed by atoms with Crippen molar-refractivity contribution in [3.63, 3.8) is 0 Å². The number of rotatable bonds is 7. The summed E-state index contributed by atoms with van der Waals surface area (Å²) >= 11 is 0.784. The second kappa shape index (κ2) is 9.85. The zero-order chi connectivity index (χ0) is 21.4. The number of anilines is 1. The molecule has 0 aliphatic rings. The standard InChI is InChI=1S/C18H17F3N5O2S/c1-3-5-6-11(8-24-28)13-9-23-15(26-17(27)22-4-2)7-12(13)16-25-14(10-29-16)18(19,20)21/h3,5-10,24H,1,4H2,2H3,(H2,22,23,26,27)/q-1/b6-5-,11-8+. The molecule has 7 nitrogen and oxygen atoms in total. The van der Waals surface area contributed by atoms with Crippen LogP contribution in [0, 0.1) is 5.21 Å². The highest BCUT2D eigenvalue weighted by Gasteiger charge is 2.34. The Labute approximate surface area is 168 Å². The average Bonchev–Trinajstić information content (AvgIpc) is 3.16. The smallest absolute Gasteiger partial charge is 0.434 e. The number of hydrogen-bond donors (Lipinski definition) is 3. The van der Waals surface area contributed by atoms with E-state index in [0.29, 0.717) is 17.7 Å². The minimum absolute atomic E-state index is 0.0532. The third kappa shape index (κ3) is 5.90. The molecule has 0 spiro atoms. The molecule has 2 rings (SSSR count). The summed E-state index contributed by atoms with van der Waals surface area (Å²) in [5, 5.41) is 16.9. The molecular formula is C18H17F3N5O2S-. The molecule has 0 atom stereocenters. The van der Waals surface area contributed by atoms with E-state index in [1.165, 1.54) is 24.4 Å². The van der Waals surface area contributed by atoms with E-state index in [9.17, 15) is 23.2 Å². The lowest BCUT2D eigenvalue weighted by Crippen LogP contribution is -2.28. The highest BCUT2D eigenvalue weighted by atomic mass is 32.1. The van der Waals surface area contributed by atoms with Crippen LogP contribution in [0.2, 0.25) is 0 Å². The molecule has 0 fully saturated rings. The summed E-state index contributed by atoms with van der Waals surface area (Å²) in [7, 11) is 0. The molecule has 11 heteroatoms. The van der Waals surface area contributed by atoms with E-state index in [0.717, 1.165) is 22.9 Å². The molecule has 0 aromatic carbocycles. The van der Waals surface area contributed by atoms with Crippen LogP contribution in [0.4, 0.5) is 23.8 Å². The number of thiazole rings is 1. The molecule has 0 unspecified atom stereocenters.